The standard InChI is InChI=1S/C26H29FN4O/c27-25-16-22(11-13-30-25)23-15-21(10-12-29-23)24(14-18-4-2-1-3-5-18)31-26(32)20-8-6-19(17-28)7-9-20/h1-5,10-13,15-16,19-20,24H,6-9,14,17,28H2,(H,31,32). The molecule has 3 N–H and O–H groups in total. The van der Waals surface area contributed by atoms with E-state index in [1.165, 1.54) is 12.3 Å². The van der Waals surface area contributed by atoms with Crippen LogP contribution in [0.4, 0.5) is 4.39 Å². The van der Waals surface area contributed by atoms with E-state index in [1.54, 1.807) is 12.3 Å². The second-order valence-electron chi connectivity index (χ2n) is 8.55. The molecule has 2 aromatic heterocycles. The number of amides is 1. The van der Waals surface area contributed by atoms with Gasteiger partial charge in [-0.15, -0.1) is 0 Å². The summed E-state index contributed by atoms with van der Waals surface area (Å²) in [5.41, 5.74) is 9.20. The van der Waals surface area contributed by atoms with E-state index >= 15 is 0 Å². The number of pyridine rings is 2. The lowest BCUT2D eigenvalue weighted by atomic mass is 9.81. The van der Waals surface area contributed by atoms with E-state index < -0.39 is 5.95 Å². The minimum atomic E-state index is -0.545. The average molecular weight is 433 g/mol. The molecule has 166 valence electrons. The van der Waals surface area contributed by atoms with E-state index in [9.17, 15) is 9.18 Å². The van der Waals surface area contributed by atoms with Crippen molar-refractivity contribution in [2.24, 2.45) is 17.6 Å². The highest BCUT2D eigenvalue weighted by atomic mass is 19.1. The number of benzene rings is 1. The molecule has 0 aliphatic heterocycles. The van der Waals surface area contributed by atoms with Gasteiger partial charge in [0.1, 0.15) is 0 Å². The largest absolute Gasteiger partial charge is 0.349 e. The molecule has 0 radical (unpaired) electrons. The zero-order valence-corrected chi connectivity index (χ0v) is 18.1. The van der Waals surface area contributed by atoms with E-state index in [0.29, 0.717) is 30.1 Å². The molecular formula is C26H29FN4O. The van der Waals surface area contributed by atoms with Gasteiger partial charge < -0.3 is 11.1 Å². The number of carbonyl (C=O) groups excluding carboxylic acids is 1. The zero-order chi connectivity index (χ0) is 22.3. The molecule has 32 heavy (non-hydrogen) atoms. The third kappa shape index (κ3) is 5.56. The van der Waals surface area contributed by atoms with Crippen LogP contribution < -0.4 is 11.1 Å². The lowest BCUT2D eigenvalue weighted by Gasteiger charge is -2.29. The maximum atomic E-state index is 13.6. The first-order valence-electron chi connectivity index (χ1n) is 11.2. The SMILES string of the molecule is NCC1CCC(C(=O)NC(Cc2ccccc2)c2ccnc(-c3ccnc(F)c3)c2)CC1. The minimum Gasteiger partial charge on any atom is -0.349 e. The molecule has 1 aromatic carbocycles. The first kappa shape index (κ1) is 22.1. The highest BCUT2D eigenvalue weighted by Crippen LogP contribution is 2.30. The molecule has 0 saturated heterocycles. The number of halogens is 1. The van der Waals surface area contributed by atoms with Crippen LogP contribution in [-0.2, 0) is 11.2 Å². The van der Waals surface area contributed by atoms with Crippen LogP contribution >= 0.6 is 0 Å². The second kappa shape index (κ2) is 10.5. The fourth-order valence-corrected chi connectivity index (χ4v) is 4.44. The van der Waals surface area contributed by atoms with Gasteiger partial charge in [-0.1, -0.05) is 30.3 Å². The van der Waals surface area contributed by atoms with Gasteiger partial charge in [-0.05, 0) is 73.9 Å². The molecule has 1 amide bonds. The van der Waals surface area contributed by atoms with Gasteiger partial charge in [0.25, 0.3) is 0 Å². The molecule has 0 spiro atoms. The van der Waals surface area contributed by atoms with Crippen molar-refractivity contribution in [1.82, 2.24) is 15.3 Å². The Kier molecular flexibility index (Phi) is 7.22. The quantitative estimate of drug-likeness (QED) is 0.541. The van der Waals surface area contributed by atoms with Crippen LogP contribution in [0.5, 0.6) is 0 Å². The number of hydrogen-bond donors (Lipinski definition) is 2. The summed E-state index contributed by atoms with van der Waals surface area (Å²) in [6.45, 7) is 0.695. The van der Waals surface area contributed by atoms with Crippen LogP contribution in [0.15, 0.2) is 67.0 Å². The summed E-state index contributed by atoms with van der Waals surface area (Å²) in [7, 11) is 0. The molecule has 2 heterocycles. The molecule has 1 unspecified atom stereocenters. The summed E-state index contributed by atoms with van der Waals surface area (Å²) in [5, 5.41) is 3.29. The first-order valence-corrected chi connectivity index (χ1v) is 11.2. The lowest BCUT2D eigenvalue weighted by molar-refractivity contribution is -0.127. The van der Waals surface area contributed by atoms with E-state index in [-0.39, 0.29) is 17.9 Å². The van der Waals surface area contributed by atoms with Crippen molar-refractivity contribution in [2.75, 3.05) is 6.54 Å². The summed E-state index contributed by atoms with van der Waals surface area (Å²) in [6, 6.07) is 16.8. The van der Waals surface area contributed by atoms with Crippen molar-refractivity contribution in [2.45, 2.75) is 38.1 Å². The van der Waals surface area contributed by atoms with Crippen LogP contribution in [0, 0.1) is 17.8 Å². The average Bonchev–Trinajstić information content (AvgIpc) is 2.84. The van der Waals surface area contributed by atoms with Crippen LogP contribution in [0.25, 0.3) is 11.3 Å². The molecular weight excluding hydrogens is 403 g/mol. The summed E-state index contributed by atoms with van der Waals surface area (Å²) in [4.78, 5) is 21.2. The van der Waals surface area contributed by atoms with Gasteiger partial charge in [0.15, 0.2) is 0 Å². The van der Waals surface area contributed by atoms with E-state index in [0.717, 1.165) is 36.8 Å². The highest BCUT2D eigenvalue weighted by molar-refractivity contribution is 5.79. The number of hydrogen-bond acceptors (Lipinski definition) is 4. The van der Waals surface area contributed by atoms with Crippen molar-refractivity contribution >= 4 is 5.91 Å². The summed E-state index contributed by atoms with van der Waals surface area (Å²) in [6.07, 6.45) is 7.57. The van der Waals surface area contributed by atoms with Crippen LogP contribution in [0.3, 0.4) is 0 Å². The molecule has 1 saturated carbocycles. The second-order valence-corrected chi connectivity index (χ2v) is 8.55. The number of aromatic nitrogens is 2. The van der Waals surface area contributed by atoms with Crippen molar-refractivity contribution in [3.8, 4) is 11.3 Å². The summed E-state index contributed by atoms with van der Waals surface area (Å²) < 4.78 is 13.6. The predicted molar refractivity (Wildman–Crippen MR) is 123 cm³/mol. The molecule has 4 rings (SSSR count). The maximum Gasteiger partial charge on any atom is 0.223 e. The maximum absolute atomic E-state index is 13.6. The Hall–Kier alpha value is -3.12. The van der Waals surface area contributed by atoms with Crippen molar-refractivity contribution in [3.05, 3.63) is 84.1 Å². The number of carbonyl (C=O) groups is 1. The minimum absolute atomic E-state index is 0.0201. The molecule has 1 fully saturated rings. The Balaban J connectivity index is 1.57. The number of rotatable bonds is 7. The van der Waals surface area contributed by atoms with Crippen LogP contribution in [0.2, 0.25) is 0 Å². The molecule has 1 aliphatic carbocycles. The topological polar surface area (TPSA) is 80.9 Å². The third-order valence-electron chi connectivity index (χ3n) is 6.36. The molecule has 6 heteroatoms. The fraction of sp³-hybridized carbons (Fsp3) is 0.346. The fourth-order valence-electron chi connectivity index (χ4n) is 4.44. The normalized spacial score (nSPS) is 19.3. The highest BCUT2D eigenvalue weighted by Gasteiger charge is 2.27. The van der Waals surface area contributed by atoms with E-state index in [2.05, 4.69) is 27.4 Å². The lowest BCUT2D eigenvalue weighted by Crippen LogP contribution is -2.37. The van der Waals surface area contributed by atoms with E-state index in [1.807, 2.05) is 30.3 Å². The molecule has 1 atom stereocenters. The van der Waals surface area contributed by atoms with Gasteiger partial charge in [0.05, 0.1) is 11.7 Å². The van der Waals surface area contributed by atoms with Crippen molar-refractivity contribution < 1.29 is 9.18 Å². The Morgan fingerprint density at radius 1 is 1.03 bits per heavy atom. The van der Waals surface area contributed by atoms with Gasteiger partial charge in [-0.25, -0.2) is 4.98 Å². The number of nitrogens with one attached hydrogen (secondary N) is 1. The molecule has 0 bridgehead atoms. The molecule has 5 nitrogen and oxygen atoms in total. The Labute approximate surface area is 188 Å². The summed E-state index contributed by atoms with van der Waals surface area (Å²) in [5.74, 6) is 0.0981. The van der Waals surface area contributed by atoms with E-state index in [4.69, 9.17) is 5.73 Å². The van der Waals surface area contributed by atoms with Gasteiger partial charge in [0, 0.05) is 29.9 Å². The first-order chi connectivity index (χ1) is 15.6. The smallest absolute Gasteiger partial charge is 0.223 e. The summed E-state index contributed by atoms with van der Waals surface area (Å²) >= 11 is 0. The van der Waals surface area contributed by atoms with Gasteiger partial charge >= 0.3 is 0 Å². The Bertz CT molecular complexity index is 1030. The van der Waals surface area contributed by atoms with Crippen molar-refractivity contribution in [3.63, 3.8) is 0 Å². The zero-order valence-electron chi connectivity index (χ0n) is 18.1. The van der Waals surface area contributed by atoms with Crippen LogP contribution in [-0.4, -0.2) is 22.4 Å². The molecule has 1 aliphatic rings. The van der Waals surface area contributed by atoms with Crippen LogP contribution in [0.1, 0.15) is 42.9 Å². The predicted octanol–water partition coefficient (Wildman–Crippen LogP) is 4.45. The third-order valence-corrected chi connectivity index (χ3v) is 6.36. The molecule has 3 aromatic rings. The van der Waals surface area contributed by atoms with Gasteiger partial charge in [-0.3, -0.25) is 9.78 Å². The van der Waals surface area contributed by atoms with Gasteiger partial charge in [-0.2, -0.15) is 4.39 Å². The van der Waals surface area contributed by atoms with Gasteiger partial charge in [0.2, 0.25) is 11.9 Å². The number of nitrogens with zero attached hydrogens (tertiary/aromatic N) is 2. The Morgan fingerprint density at radius 2 is 1.78 bits per heavy atom. The number of nitrogens with two attached hydrogens (primary N) is 1. The Morgan fingerprint density at radius 3 is 2.50 bits per heavy atom. The monoisotopic (exact) mass is 432 g/mol. The van der Waals surface area contributed by atoms with Crippen molar-refractivity contribution in [1.29, 1.82) is 0 Å².